The summed E-state index contributed by atoms with van der Waals surface area (Å²) < 4.78 is 11.3. The Morgan fingerprint density at radius 2 is 2.06 bits per heavy atom. The molecule has 0 bridgehead atoms. The summed E-state index contributed by atoms with van der Waals surface area (Å²) in [6, 6.07) is 1.07. The molecule has 0 aromatic rings. The fraction of sp³-hybridized carbons (Fsp3) is 1.00. The van der Waals surface area contributed by atoms with E-state index < -0.39 is 0 Å². The third-order valence-electron chi connectivity index (χ3n) is 3.87. The first-order valence-corrected chi connectivity index (χ1v) is 6.87. The summed E-state index contributed by atoms with van der Waals surface area (Å²) in [4.78, 5) is 2.55. The van der Waals surface area contributed by atoms with Gasteiger partial charge in [-0.2, -0.15) is 0 Å². The molecule has 4 heteroatoms. The van der Waals surface area contributed by atoms with Gasteiger partial charge in [0.25, 0.3) is 0 Å². The average molecular weight is 242 g/mol. The monoisotopic (exact) mass is 242 g/mol. The minimum absolute atomic E-state index is 0.367. The molecule has 2 aliphatic rings. The molecular formula is C13H26N2O2. The van der Waals surface area contributed by atoms with E-state index in [2.05, 4.69) is 31.0 Å². The van der Waals surface area contributed by atoms with Crippen LogP contribution in [0.4, 0.5) is 0 Å². The molecule has 2 heterocycles. The van der Waals surface area contributed by atoms with Crippen molar-refractivity contribution in [1.82, 2.24) is 10.2 Å². The molecule has 0 aliphatic carbocycles. The van der Waals surface area contributed by atoms with E-state index in [1.807, 2.05) is 0 Å². The summed E-state index contributed by atoms with van der Waals surface area (Å²) in [7, 11) is 0. The van der Waals surface area contributed by atoms with Crippen LogP contribution in [0.1, 0.15) is 20.8 Å². The van der Waals surface area contributed by atoms with Crippen molar-refractivity contribution in [2.45, 2.75) is 39.0 Å². The summed E-state index contributed by atoms with van der Waals surface area (Å²) in [5.74, 6) is 0.627. The summed E-state index contributed by atoms with van der Waals surface area (Å²) >= 11 is 0. The molecule has 4 atom stereocenters. The number of hydrogen-bond acceptors (Lipinski definition) is 4. The number of nitrogens with one attached hydrogen (secondary N) is 1. The van der Waals surface area contributed by atoms with E-state index in [0.29, 0.717) is 24.1 Å². The van der Waals surface area contributed by atoms with E-state index in [-0.39, 0.29) is 0 Å². The number of hydrogen-bond donors (Lipinski definition) is 1. The second kappa shape index (κ2) is 6.14. The Labute approximate surface area is 105 Å². The molecule has 0 spiro atoms. The zero-order chi connectivity index (χ0) is 12.3. The van der Waals surface area contributed by atoms with Crippen LogP contribution in [0.5, 0.6) is 0 Å². The lowest BCUT2D eigenvalue weighted by Crippen LogP contribution is -2.51. The van der Waals surface area contributed by atoms with Gasteiger partial charge in [-0.25, -0.2) is 0 Å². The number of rotatable bonds is 4. The van der Waals surface area contributed by atoms with Gasteiger partial charge >= 0.3 is 0 Å². The lowest BCUT2D eigenvalue weighted by atomic mass is 10.0. The third kappa shape index (κ3) is 3.41. The molecule has 1 N–H and O–H groups in total. The van der Waals surface area contributed by atoms with Crippen molar-refractivity contribution in [3.05, 3.63) is 0 Å². The van der Waals surface area contributed by atoms with Gasteiger partial charge in [0.15, 0.2) is 0 Å². The molecule has 2 rings (SSSR count). The predicted molar refractivity (Wildman–Crippen MR) is 68.2 cm³/mol. The lowest BCUT2D eigenvalue weighted by Gasteiger charge is -2.38. The summed E-state index contributed by atoms with van der Waals surface area (Å²) in [6.07, 6.45) is 0.367. The minimum Gasteiger partial charge on any atom is -0.379 e. The largest absolute Gasteiger partial charge is 0.379 e. The molecule has 2 saturated heterocycles. The van der Waals surface area contributed by atoms with Gasteiger partial charge in [0.2, 0.25) is 0 Å². The molecule has 4 unspecified atom stereocenters. The van der Waals surface area contributed by atoms with Crippen molar-refractivity contribution in [2.24, 2.45) is 5.92 Å². The maximum Gasteiger partial charge on any atom is 0.0674 e. The van der Waals surface area contributed by atoms with Crippen LogP contribution in [-0.4, -0.2) is 62.5 Å². The molecule has 0 aromatic heterocycles. The van der Waals surface area contributed by atoms with Crippen LogP contribution in [0.25, 0.3) is 0 Å². The quantitative estimate of drug-likeness (QED) is 0.787. The average Bonchev–Trinajstić information content (AvgIpc) is 2.72. The third-order valence-corrected chi connectivity index (χ3v) is 3.87. The Morgan fingerprint density at radius 1 is 1.24 bits per heavy atom. The van der Waals surface area contributed by atoms with Crippen LogP contribution in [-0.2, 0) is 9.47 Å². The second-order valence-electron chi connectivity index (χ2n) is 5.41. The highest BCUT2D eigenvalue weighted by atomic mass is 16.5. The van der Waals surface area contributed by atoms with Crippen LogP contribution in [0.15, 0.2) is 0 Å². The molecule has 0 radical (unpaired) electrons. The predicted octanol–water partition coefficient (Wildman–Crippen LogP) is 0.720. The van der Waals surface area contributed by atoms with Crippen LogP contribution in [0, 0.1) is 5.92 Å². The van der Waals surface area contributed by atoms with Gasteiger partial charge in [0, 0.05) is 31.1 Å². The first kappa shape index (κ1) is 13.3. The van der Waals surface area contributed by atoms with Crippen molar-refractivity contribution in [3.8, 4) is 0 Å². The van der Waals surface area contributed by atoms with Gasteiger partial charge in [0.1, 0.15) is 0 Å². The molecule has 4 nitrogen and oxygen atoms in total. The highest BCUT2D eigenvalue weighted by Gasteiger charge is 2.32. The van der Waals surface area contributed by atoms with Gasteiger partial charge in [0.05, 0.1) is 25.9 Å². The maximum atomic E-state index is 5.67. The van der Waals surface area contributed by atoms with Gasteiger partial charge in [-0.05, 0) is 20.4 Å². The fourth-order valence-electron chi connectivity index (χ4n) is 2.79. The van der Waals surface area contributed by atoms with E-state index in [0.717, 1.165) is 39.5 Å². The molecule has 100 valence electrons. The Hall–Kier alpha value is -0.160. The summed E-state index contributed by atoms with van der Waals surface area (Å²) in [6.45, 7) is 12.4. The Balaban J connectivity index is 1.86. The first-order chi connectivity index (χ1) is 8.20. The summed E-state index contributed by atoms with van der Waals surface area (Å²) in [5.41, 5.74) is 0. The van der Waals surface area contributed by atoms with Crippen molar-refractivity contribution >= 4 is 0 Å². The van der Waals surface area contributed by atoms with Gasteiger partial charge in [-0.3, -0.25) is 4.90 Å². The second-order valence-corrected chi connectivity index (χ2v) is 5.41. The SMILES string of the molecule is CCNC1COCC1CN1CC(C)OCC1C. The smallest absolute Gasteiger partial charge is 0.0674 e. The topological polar surface area (TPSA) is 33.7 Å². The minimum atomic E-state index is 0.367. The van der Waals surface area contributed by atoms with Gasteiger partial charge < -0.3 is 14.8 Å². The Kier molecular flexibility index (Phi) is 4.79. The number of nitrogens with zero attached hydrogens (tertiary/aromatic N) is 1. The summed E-state index contributed by atoms with van der Waals surface area (Å²) in [5, 5.41) is 3.53. The van der Waals surface area contributed by atoms with Crippen LogP contribution >= 0.6 is 0 Å². The van der Waals surface area contributed by atoms with E-state index in [1.165, 1.54) is 0 Å². The highest BCUT2D eigenvalue weighted by molar-refractivity contribution is 4.86. The number of morpholine rings is 1. The molecule has 2 fully saturated rings. The van der Waals surface area contributed by atoms with Crippen molar-refractivity contribution in [1.29, 1.82) is 0 Å². The standard InChI is InChI=1S/C13H26N2O2/c1-4-14-13-9-16-8-12(13)6-15-5-11(3)17-7-10(15)2/h10-14H,4-9H2,1-3H3. The molecule has 0 aromatic carbocycles. The highest BCUT2D eigenvalue weighted by Crippen LogP contribution is 2.19. The number of ether oxygens (including phenoxy) is 2. The molecule has 2 aliphatic heterocycles. The number of likely N-dealkylation sites (N-methyl/N-ethyl adjacent to an activating group) is 1. The Morgan fingerprint density at radius 3 is 2.82 bits per heavy atom. The molecule has 17 heavy (non-hydrogen) atoms. The van der Waals surface area contributed by atoms with E-state index in [9.17, 15) is 0 Å². The lowest BCUT2D eigenvalue weighted by molar-refractivity contribution is -0.0551. The molecular weight excluding hydrogens is 216 g/mol. The van der Waals surface area contributed by atoms with E-state index in [1.54, 1.807) is 0 Å². The normalized spacial score (nSPS) is 39.7. The molecule has 0 amide bonds. The zero-order valence-electron chi connectivity index (χ0n) is 11.3. The zero-order valence-corrected chi connectivity index (χ0v) is 11.3. The van der Waals surface area contributed by atoms with Crippen molar-refractivity contribution in [2.75, 3.05) is 39.5 Å². The van der Waals surface area contributed by atoms with Crippen molar-refractivity contribution in [3.63, 3.8) is 0 Å². The molecule has 0 saturated carbocycles. The van der Waals surface area contributed by atoms with Crippen LogP contribution in [0.3, 0.4) is 0 Å². The van der Waals surface area contributed by atoms with Crippen LogP contribution in [0.2, 0.25) is 0 Å². The fourth-order valence-corrected chi connectivity index (χ4v) is 2.79. The van der Waals surface area contributed by atoms with Crippen LogP contribution < -0.4 is 5.32 Å². The van der Waals surface area contributed by atoms with Crippen molar-refractivity contribution < 1.29 is 9.47 Å². The van der Waals surface area contributed by atoms with Gasteiger partial charge in [-0.1, -0.05) is 6.92 Å². The van der Waals surface area contributed by atoms with E-state index >= 15 is 0 Å². The maximum absolute atomic E-state index is 5.67. The Bertz CT molecular complexity index is 237. The van der Waals surface area contributed by atoms with Gasteiger partial charge in [-0.15, -0.1) is 0 Å². The van der Waals surface area contributed by atoms with E-state index in [4.69, 9.17) is 9.47 Å². The first-order valence-electron chi connectivity index (χ1n) is 6.87.